The van der Waals surface area contributed by atoms with Crippen molar-refractivity contribution < 1.29 is 0 Å². The second-order valence-electron chi connectivity index (χ2n) is 4.65. The number of rotatable bonds is 2. The highest BCUT2D eigenvalue weighted by Crippen LogP contribution is 2.16. The minimum Gasteiger partial charge on any atom is -0.0702 e. The highest BCUT2D eigenvalue weighted by molar-refractivity contribution is 6.70. The Hall–Kier alpha value is -1.13. The molecule has 0 bridgehead atoms. The zero-order chi connectivity index (χ0) is 11.5. The van der Waals surface area contributed by atoms with Crippen LogP contribution >= 0.6 is 0 Å². The summed E-state index contributed by atoms with van der Waals surface area (Å²) >= 11 is 0. The molecule has 0 aliphatic heterocycles. The number of benzene rings is 2. The van der Waals surface area contributed by atoms with Gasteiger partial charge in [-0.05, 0) is 11.1 Å². The molecule has 0 saturated heterocycles. The summed E-state index contributed by atoms with van der Waals surface area (Å²) in [5.41, 5.74) is 2.74. The van der Waals surface area contributed by atoms with Crippen molar-refractivity contribution in [2.45, 2.75) is 13.1 Å². The van der Waals surface area contributed by atoms with Crippen molar-refractivity contribution in [3.63, 3.8) is 0 Å². The van der Waals surface area contributed by atoms with E-state index in [-0.39, 0.29) is 0 Å². The van der Waals surface area contributed by atoms with E-state index in [1.54, 1.807) is 5.19 Å². The van der Waals surface area contributed by atoms with Crippen molar-refractivity contribution >= 4 is 29.4 Å². The van der Waals surface area contributed by atoms with Gasteiger partial charge in [0.25, 0.3) is 0 Å². The van der Waals surface area contributed by atoms with Gasteiger partial charge in [0.05, 0.1) is 8.80 Å². The summed E-state index contributed by atoms with van der Waals surface area (Å²) in [5.74, 6) is 0. The minimum absolute atomic E-state index is 0.684. The SMILES string of the molecule is C[SiH](C)c1cccc(-c2cccc([SiH3])c2)c1. The van der Waals surface area contributed by atoms with Crippen molar-refractivity contribution in [2.24, 2.45) is 0 Å². The van der Waals surface area contributed by atoms with E-state index in [0.29, 0.717) is 0 Å². The van der Waals surface area contributed by atoms with Crippen LogP contribution in [-0.4, -0.2) is 19.0 Å². The van der Waals surface area contributed by atoms with Gasteiger partial charge in [-0.1, -0.05) is 72.0 Å². The zero-order valence-electron chi connectivity index (χ0n) is 10.2. The van der Waals surface area contributed by atoms with Gasteiger partial charge < -0.3 is 0 Å². The molecule has 0 heterocycles. The molecule has 2 aromatic rings. The number of hydrogen-bond acceptors (Lipinski definition) is 0. The first-order chi connectivity index (χ1) is 7.66. The maximum absolute atomic E-state index is 2.38. The summed E-state index contributed by atoms with van der Waals surface area (Å²) in [6, 6.07) is 17.9. The standard InChI is InChI=1S/C14H18Si2/c1-16(2)14-8-4-6-12(10-14)11-5-3-7-13(15)9-11/h3-10,16H,1-2,15H3. The first-order valence-electron chi connectivity index (χ1n) is 5.84. The molecule has 0 spiro atoms. The molecule has 0 aliphatic rings. The largest absolute Gasteiger partial charge is 0.0702 e. The summed E-state index contributed by atoms with van der Waals surface area (Å²) < 4.78 is 0. The van der Waals surface area contributed by atoms with Crippen LogP contribution in [0.25, 0.3) is 11.1 Å². The molecule has 0 saturated carbocycles. The van der Waals surface area contributed by atoms with E-state index in [1.807, 2.05) is 0 Å². The molecule has 16 heavy (non-hydrogen) atoms. The highest BCUT2D eigenvalue weighted by atomic mass is 28.3. The molecule has 0 aliphatic carbocycles. The monoisotopic (exact) mass is 242 g/mol. The summed E-state index contributed by atoms with van der Waals surface area (Å²) in [4.78, 5) is 0. The fourth-order valence-electron chi connectivity index (χ4n) is 1.90. The maximum atomic E-state index is 2.38. The van der Waals surface area contributed by atoms with Crippen molar-refractivity contribution in [2.75, 3.05) is 0 Å². The van der Waals surface area contributed by atoms with Gasteiger partial charge in [0.2, 0.25) is 0 Å². The van der Waals surface area contributed by atoms with Crippen molar-refractivity contribution in [1.82, 2.24) is 0 Å². The smallest absolute Gasteiger partial charge is 0.0647 e. The highest BCUT2D eigenvalue weighted by Gasteiger charge is 2.03. The lowest BCUT2D eigenvalue weighted by atomic mass is 10.1. The Labute approximate surface area is 102 Å². The van der Waals surface area contributed by atoms with Gasteiger partial charge in [-0.15, -0.1) is 0 Å². The summed E-state index contributed by atoms with van der Waals surface area (Å²) in [5, 5.41) is 3.01. The molecule has 0 N–H and O–H groups in total. The van der Waals surface area contributed by atoms with Crippen LogP contribution in [0.5, 0.6) is 0 Å². The van der Waals surface area contributed by atoms with E-state index in [4.69, 9.17) is 0 Å². The van der Waals surface area contributed by atoms with E-state index in [1.165, 1.54) is 16.3 Å². The lowest BCUT2D eigenvalue weighted by Crippen LogP contribution is -2.22. The van der Waals surface area contributed by atoms with Crippen LogP contribution in [0.4, 0.5) is 0 Å². The summed E-state index contributed by atoms with van der Waals surface area (Å²) in [6.07, 6.45) is 0. The minimum atomic E-state index is -0.684. The van der Waals surface area contributed by atoms with Gasteiger partial charge in [-0.3, -0.25) is 0 Å². The third-order valence-corrected chi connectivity index (χ3v) is 5.22. The third-order valence-electron chi connectivity index (χ3n) is 2.90. The van der Waals surface area contributed by atoms with Crippen LogP contribution in [0.2, 0.25) is 13.1 Å². The van der Waals surface area contributed by atoms with Crippen LogP contribution < -0.4 is 10.4 Å². The molecule has 2 aromatic carbocycles. The Kier molecular flexibility index (Phi) is 3.41. The van der Waals surface area contributed by atoms with Crippen LogP contribution in [0, 0.1) is 0 Å². The van der Waals surface area contributed by atoms with E-state index < -0.39 is 8.80 Å². The Balaban J connectivity index is 2.44. The van der Waals surface area contributed by atoms with Crippen molar-refractivity contribution in [3.8, 4) is 11.1 Å². The van der Waals surface area contributed by atoms with E-state index in [9.17, 15) is 0 Å². The van der Waals surface area contributed by atoms with Crippen molar-refractivity contribution in [3.05, 3.63) is 48.5 Å². The topological polar surface area (TPSA) is 0 Å². The molecule has 82 valence electrons. The second-order valence-corrected chi connectivity index (χ2v) is 8.78. The Bertz CT molecular complexity index is 490. The zero-order valence-corrected chi connectivity index (χ0v) is 13.4. The first kappa shape index (κ1) is 11.4. The van der Waals surface area contributed by atoms with Gasteiger partial charge >= 0.3 is 0 Å². The van der Waals surface area contributed by atoms with Gasteiger partial charge in [-0.2, -0.15) is 0 Å². The Morgan fingerprint density at radius 1 is 0.875 bits per heavy atom. The molecule has 0 unspecified atom stereocenters. The molecule has 0 nitrogen and oxygen atoms in total. The normalized spacial score (nSPS) is 10.9. The Morgan fingerprint density at radius 2 is 1.50 bits per heavy atom. The molecule has 0 fully saturated rings. The average Bonchev–Trinajstić information content (AvgIpc) is 2.29. The van der Waals surface area contributed by atoms with Gasteiger partial charge in [0, 0.05) is 10.2 Å². The van der Waals surface area contributed by atoms with Crippen LogP contribution in [0.15, 0.2) is 48.5 Å². The molecule has 2 heteroatoms. The lowest BCUT2D eigenvalue weighted by molar-refractivity contribution is 1.65. The van der Waals surface area contributed by atoms with Crippen molar-refractivity contribution in [1.29, 1.82) is 0 Å². The average molecular weight is 242 g/mol. The predicted octanol–water partition coefficient (Wildman–Crippen LogP) is 1.04. The molecule has 2 rings (SSSR count). The fraction of sp³-hybridized carbons (Fsp3) is 0.143. The molecule has 0 amide bonds. The Morgan fingerprint density at radius 3 is 2.12 bits per heavy atom. The van der Waals surface area contributed by atoms with Crippen LogP contribution in [0.1, 0.15) is 0 Å². The van der Waals surface area contributed by atoms with Gasteiger partial charge in [0.15, 0.2) is 0 Å². The lowest BCUT2D eigenvalue weighted by Gasteiger charge is -2.08. The maximum Gasteiger partial charge on any atom is 0.0647 e. The van der Waals surface area contributed by atoms with Gasteiger partial charge in [0.1, 0.15) is 0 Å². The fourth-order valence-corrected chi connectivity index (χ4v) is 3.41. The molecular weight excluding hydrogens is 224 g/mol. The van der Waals surface area contributed by atoms with E-state index in [0.717, 1.165) is 10.2 Å². The first-order valence-corrected chi connectivity index (χ1v) is 9.72. The van der Waals surface area contributed by atoms with Crippen LogP contribution in [0.3, 0.4) is 0 Å². The molecule has 0 atom stereocenters. The second kappa shape index (κ2) is 4.81. The molecule has 0 radical (unpaired) electrons. The third kappa shape index (κ3) is 2.51. The van der Waals surface area contributed by atoms with Gasteiger partial charge in [-0.25, -0.2) is 0 Å². The summed E-state index contributed by atoms with van der Waals surface area (Å²) in [6.45, 7) is 4.75. The predicted molar refractivity (Wildman–Crippen MR) is 80.0 cm³/mol. The van der Waals surface area contributed by atoms with E-state index in [2.05, 4.69) is 61.6 Å². The van der Waals surface area contributed by atoms with E-state index >= 15 is 0 Å². The van der Waals surface area contributed by atoms with Crippen LogP contribution in [-0.2, 0) is 0 Å². The molecule has 0 aromatic heterocycles. The number of hydrogen-bond donors (Lipinski definition) is 0. The quantitative estimate of drug-likeness (QED) is 0.690. The summed E-state index contributed by atoms with van der Waals surface area (Å²) in [7, 11) is 0.443. The molecular formula is C14H18Si2.